The van der Waals surface area contributed by atoms with Gasteiger partial charge in [0, 0.05) is 29.9 Å². The van der Waals surface area contributed by atoms with E-state index in [1.165, 1.54) is 24.3 Å². The molecule has 4 unspecified atom stereocenters. The summed E-state index contributed by atoms with van der Waals surface area (Å²) in [7, 11) is 0. The molecule has 13 heteroatoms. The van der Waals surface area contributed by atoms with Crippen molar-refractivity contribution < 1.29 is 39.3 Å². The lowest BCUT2D eigenvalue weighted by molar-refractivity contribution is -0.143. The van der Waals surface area contributed by atoms with Gasteiger partial charge < -0.3 is 42.0 Å². The Hall–Kier alpha value is -4.91. The monoisotopic (exact) mass is 595 g/mol. The van der Waals surface area contributed by atoms with Gasteiger partial charge in [0.15, 0.2) is 0 Å². The number of phenols is 1. The van der Waals surface area contributed by atoms with Crippen molar-refractivity contribution >= 4 is 40.6 Å². The fraction of sp³-hybridized carbons (Fsp3) is 0.367. The second-order valence-corrected chi connectivity index (χ2v) is 10.8. The maximum Gasteiger partial charge on any atom is 0.326 e. The number of aromatic nitrogens is 1. The molecule has 0 bridgehead atoms. The zero-order valence-corrected chi connectivity index (χ0v) is 23.9. The number of hydrogen-bond acceptors (Lipinski definition) is 7. The summed E-state index contributed by atoms with van der Waals surface area (Å²) in [5.74, 6) is -5.16. The molecule has 0 saturated carbocycles. The quantitative estimate of drug-likeness (QED) is 0.125. The number of aromatic amines is 1. The third-order valence-electron chi connectivity index (χ3n) is 6.80. The molecule has 0 saturated heterocycles. The first kappa shape index (κ1) is 32.6. The van der Waals surface area contributed by atoms with Crippen molar-refractivity contribution in [1.82, 2.24) is 20.9 Å². The molecule has 0 radical (unpaired) electrons. The van der Waals surface area contributed by atoms with Crippen molar-refractivity contribution in [3.05, 3.63) is 65.9 Å². The first-order valence-corrected chi connectivity index (χ1v) is 13.8. The molecule has 43 heavy (non-hydrogen) atoms. The number of benzene rings is 2. The molecule has 4 atom stereocenters. The van der Waals surface area contributed by atoms with Crippen LogP contribution < -0.4 is 21.7 Å². The molecular weight excluding hydrogens is 558 g/mol. The van der Waals surface area contributed by atoms with Crippen LogP contribution in [0.25, 0.3) is 10.9 Å². The smallest absolute Gasteiger partial charge is 0.326 e. The van der Waals surface area contributed by atoms with Crippen molar-refractivity contribution in [3.8, 4) is 5.75 Å². The Morgan fingerprint density at radius 3 is 2.05 bits per heavy atom. The molecule has 230 valence electrons. The lowest BCUT2D eigenvalue weighted by Gasteiger charge is -2.25. The van der Waals surface area contributed by atoms with Gasteiger partial charge in [-0.15, -0.1) is 0 Å². The summed E-state index contributed by atoms with van der Waals surface area (Å²) in [4.78, 5) is 66.1. The van der Waals surface area contributed by atoms with E-state index in [-0.39, 0.29) is 24.5 Å². The van der Waals surface area contributed by atoms with Crippen molar-refractivity contribution in [2.75, 3.05) is 0 Å². The van der Waals surface area contributed by atoms with Gasteiger partial charge in [-0.25, -0.2) is 4.79 Å². The number of aromatic hydroxyl groups is 1. The van der Waals surface area contributed by atoms with Gasteiger partial charge in [-0.2, -0.15) is 0 Å². The van der Waals surface area contributed by atoms with E-state index in [4.69, 9.17) is 5.73 Å². The van der Waals surface area contributed by atoms with Crippen LogP contribution in [0.1, 0.15) is 37.8 Å². The summed E-state index contributed by atoms with van der Waals surface area (Å²) >= 11 is 0. The SMILES string of the molecule is CC(C)CC(N)C(=O)NC(CC(=O)O)C(=O)NC(Cc1ccc(O)cc1)C(=O)NC(Cc1c[nH]c2ccccc12)C(=O)O. The van der Waals surface area contributed by atoms with E-state index in [2.05, 4.69) is 20.9 Å². The van der Waals surface area contributed by atoms with Crippen LogP contribution in [0.4, 0.5) is 0 Å². The van der Waals surface area contributed by atoms with Gasteiger partial charge in [-0.05, 0) is 41.7 Å². The Bertz CT molecular complexity index is 1450. The largest absolute Gasteiger partial charge is 0.508 e. The summed E-state index contributed by atoms with van der Waals surface area (Å²) in [6.45, 7) is 3.70. The second-order valence-electron chi connectivity index (χ2n) is 10.8. The number of aliphatic carboxylic acids is 2. The molecule has 0 aliphatic rings. The number of carbonyl (C=O) groups excluding carboxylic acids is 3. The Morgan fingerprint density at radius 1 is 0.814 bits per heavy atom. The standard InChI is InChI=1S/C30H37N5O8/c1-16(2)11-21(31)27(39)33-24(14-26(37)38)29(41)34-23(12-17-7-9-19(36)10-8-17)28(40)35-25(30(42)43)13-18-15-32-22-6-4-3-5-20(18)22/h3-10,15-16,21,23-25,32,36H,11-14,31H2,1-2H3,(H,33,39)(H,34,41)(H,35,40)(H,37,38)(H,42,43). The molecule has 9 N–H and O–H groups in total. The molecule has 13 nitrogen and oxygen atoms in total. The molecule has 2 aromatic carbocycles. The minimum absolute atomic E-state index is 0.0274. The zero-order valence-electron chi connectivity index (χ0n) is 23.9. The van der Waals surface area contributed by atoms with Crippen molar-refractivity contribution in [2.45, 2.75) is 63.7 Å². The second kappa shape index (κ2) is 14.8. The average molecular weight is 596 g/mol. The number of carbonyl (C=O) groups is 5. The number of H-pyrrole nitrogens is 1. The van der Waals surface area contributed by atoms with E-state index in [1.807, 2.05) is 32.0 Å². The van der Waals surface area contributed by atoms with Crippen LogP contribution in [-0.4, -0.2) is 74.1 Å². The summed E-state index contributed by atoms with van der Waals surface area (Å²) in [5, 5.41) is 37.0. The Labute approximate surface area is 247 Å². The number of nitrogens with one attached hydrogen (secondary N) is 4. The van der Waals surface area contributed by atoms with Crippen LogP contribution >= 0.6 is 0 Å². The van der Waals surface area contributed by atoms with E-state index >= 15 is 0 Å². The predicted octanol–water partition coefficient (Wildman–Crippen LogP) is 1.05. The Morgan fingerprint density at radius 2 is 1.42 bits per heavy atom. The van der Waals surface area contributed by atoms with Gasteiger partial charge in [0.2, 0.25) is 17.7 Å². The highest BCUT2D eigenvalue weighted by atomic mass is 16.4. The van der Waals surface area contributed by atoms with Crippen LogP contribution in [0, 0.1) is 5.92 Å². The molecule has 0 aliphatic carbocycles. The molecule has 3 rings (SSSR count). The Balaban J connectivity index is 1.83. The van der Waals surface area contributed by atoms with Gasteiger partial charge >= 0.3 is 11.9 Å². The lowest BCUT2D eigenvalue weighted by atomic mass is 10.0. The maximum absolute atomic E-state index is 13.5. The van der Waals surface area contributed by atoms with Crippen molar-refractivity contribution in [2.24, 2.45) is 11.7 Å². The Kier molecular flexibility index (Phi) is 11.2. The summed E-state index contributed by atoms with van der Waals surface area (Å²) in [6.07, 6.45) is 0.990. The highest BCUT2D eigenvalue weighted by Gasteiger charge is 2.32. The van der Waals surface area contributed by atoms with Crippen LogP contribution in [0.3, 0.4) is 0 Å². The number of nitrogens with two attached hydrogens (primary N) is 1. The molecule has 0 spiro atoms. The third kappa shape index (κ3) is 9.57. The average Bonchev–Trinajstić information content (AvgIpc) is 3.35. The molecule has 1 heterocycles. The number of fused-ring (bicyclic) bond motifs is 1. The number of carboxylic acids is 2. The van der Waals surface area contributed by atoms with Gasteiger partial charge in [0.1, 0.15) is 23.9 Å². The van der Waals surface area contributed by atoms with Crippen LogP contribution in [0.15, 0.2) is 54.7 Å². The summed E-state index contributed by atoms with van der Waals surface area (Å²) < 4.78 is 0. The predicted molar refractivity (Wildman–Crippen MR) is 157 cm³/mol. The molecule has 3 amide bonds. The first-order valence-electron chi connectivity index (χ1n) is 13.8. The number of phenolic OH excluding ortho intramolecular Hbond substituents is 1. The topological polar surface area (TPSA) is 224 Å². The van der Waals surface area contributed by atoms with E-state index in [0.29, 0.717) is 17.5 Å². The highest BCUT2D eigenvalue weighted by molar-refractivity contribution is 5.96. The summed E-state index contributed by atoms with van der Waals surface area (Å²) in [6, 6.07) is 7.81. The molecule has 3 aromatic rings. The minimum Gasteiger partial charge on any atom is -0.508 e. The normalized spacial score (nSPS) is 14.0. The maximum atomic E-state index is 13.5. The van der Waals surface area contributed by atoms with Crippen molar-refractivity contribution in [1.29, 1.82) is 0 Å². The lowest BCUT2D eigenvalue weighted by Crippen LogP contribution is -2.58. The summed E-state index contributed by atoms with van der Waals surface area (Å²) in [5.41, 5.74) is 7.87. The van der Waals surface area contributed by atoms with Gasteiger partial charge in [0.05, 0.1) is 12.5 Å². The van der Waals surface area contributed by atoms with Gasteiger partial charge in [-0.1, -0.05) is 44.2 Å². The molecular formula is C30H37N5O8. The highest BCUT2D eigenvalue weighted by Crippen LogP contribution is 2.19. The van der Waals surface area contributed by atoms with Crippen LogP contribution in [-0.2, 0) is 36.8 Å². The molecule has 0 aliphatic heterocycles. The fourth-order valence-electron chi connectivity index (χ4n) is 4.62. The minimum atomic E-state index is -1.56. The van der Waals surface area contributed by atoms with E-state index in [1.54, 1.807) is 12.3 Å². The number of amides is 3. The number of rotatable bonds is 15. The number of carboxylic acid groups (broad SMARTS) is 2. The number of hydrogen-bond donors (Lipinski definition) is 8. The van der Waals surface area contributed by atoms with Crippen LogP contribution in [0.2, 0.25) is 0 Å². The molecule has 1 aromatic heterocycles. The zero-order chi connectivity index (χ0) is 31.7. The third-order valence-corrected chi connectivity index (χ3v) is 6.80. The van der Waals surface area contributed by atoms with Crippen molar-refractivity contribution in [3.63, 3.8) is 0 Å². The van der Waals surface area contributed by atoms with E-state index < -0.39 is 60.2 Å². The fourth-order valence-corrected chi connectivity index (χ4v) is 4.62. The number of para-hydroxylation sites is 1. The molecule has 0 fully saturated rings. The van der Waals surface area contributed by atoms with Gasteiger partial charge in [0.25, 0.3) is 0 Å². The van der Waals surface area contributed by atoms with E-state index in [0.717, 1.165) is 10.9 Å². The first-order chi connectivity index (χ1) is 20.3. The van der Waals surface area contributed by atoms with Gasteiger partial charge in [-0.3, -0.25) is 19.2 Å². The van der Waals surface area contributed by atoms with E-state index in [9.17, 15) is 39.3 Å². The van der Waals surface area contributed by atoms with Crippen LogP contribution in [0.5, 0.6) is 5.75 Å².